The topological polar surface area (TPSA) is 41.1 Å². The number of amides is 1. The molecule has 0 aliphatic heterocycles. The van der Waals surface area contributed by atoms with Gasteiger partial charge in [-0.3, -0.25) is 10.1 Å². The minimum atomic E-state index is -0.482. The van der Waals surface area contributed by atoms with Crippen LogP contribution in [-0.4, -0.2) is 17.6 Å². The summed E-state index contributed by atoms with van der Waals surface area (Å²) in [6, 6.07) is 7.35. The van der Waals surface area contributed by atoms with E-state index in [2.05, 4.69) is 44.6 Å². The first-order valence-electron chi connectivity index (χ1n) is 7.52. The second-order valence-electron chi connectivity index (χ2n) is 6.25. The Morgan fingerprint density at radius 1 is 1.21 bits per heavy atom. The summed E-state index contributed by atoms with van der Waals surface area (Å²) in [5.41, 5.74) is 1.98. The van der Waals surface area contributed by atoms with Crippen molar-refractivity contribution in [1.82, 2.24) is 10.6 Å². The minimum absolute atomic E-state index is 0.0223. The number of carbonyl (C=O) groups is 1. The van der Waals surface area contributed by atoms with Gasteiger partial charge in [0.1, 0.15) is 5.83 Å². The normalized spacial score (nSPS) is 12.0. The molecule has 0 atom stereocenters. The van der Waals surface area contributed by atoms with Gasteiger partial charge < -0.3 is 5.32 Å². The molecule has 0 fully saturated rings. The lowest BCUT2D eigenvalue weighted by molar-refractivity contribution is 0.0976. The highest BCUT2D eigenvalue weighted by Gasteiger charge is 2.14. The Labute approximate surface area is 148 Å². The molecule has 0 aliphatic carbocycles. The molecule has 0 aliphatic rings. The molecule has 1 aromatic carbocycles. The summed E-state index contributed by atoms with van der Waals surface area (Å²) < 4.78 is 13.4. The van der Waals surface area contributed by atoms with Gasteiger partial charge in [0.15, 0.2) is 5.11 Å². The fourth-order valence-electron chi connectivity index (χ4n) is 1.90. The zero-order valence-corrected chi connectivity index (χ0v) is 15.1. The highest BCUT2D eigenvalue weighted by Crippen LogP contribution is 2.22. The lowest BCUT2D eigenvalue weighted by Gasteiger charge is -2.19. The maximum Gasteiger partial charge on any atom is 0.257 e. The summed E-state index contributed by atoms with van der Waals surface area (Å²) >= 11 is 5.06. The molecular formula is C19H23FN2OS. The number of rotatable bonds is 5. The van der Waals surface area contributed by atoms with E-state index in [-0.39, 0.29) is 23.0 Å². The predicted octanol–water partition coefficient (Wildman–Crippen LogP) is 4.18. The van der Waals surface area contributed by atoms with E-state index in [1.165, 1.54) is 6.08 Å². The molecule has 0 heterocycles. The number of hydrogen-bond acceptors (Lipinski definition) is 2. The average molecular weight is 346 g/mol. The van der Waals surface area contributed by atoms with Gasteiger partial charge in [0.25, 0.3) is 5.91 Å². The molecule has 128 valence electrons. The van der Waals surface area contributed by atoms with E-state index in [0.717, 1.165) is 11.6 Å². The molecule has 0 radical (unpaired) electrons. The maximum absolute atomic E-state index is 13.4. The largest absolute Gasteiger partial charge is 0.358 e. The molecule has 0 spiro atoms. The number of allylic oxidation sites excluding steroid dienone is 2. The first-order chi connectivity index (χ1) is 11.2. The van der Waals surface area contributed by atoms with Crippen LogP contribution in [0.2, 0.25) is 0 Å². The van der Waals surface area contributed by atoms with E-state index < -0.39 is 5.83 Å². The molecule has 0 bridgehead atoms. The zero-order chi connectivity index (χ0) is 18.3. The Morgan fingerprint density at radius 2 is 1.79 bits per heavy atom. The van der Waals surface area contributed by atoms with E-state index in [1.807, 2.05) is 12.1 Å². The molecule has 0 saturated heterocycles. The van der Waals surface area contributed by atoms with Gasteiger partial charge in [-0.25, -0.2) is 4.39 Å². The van der Waals surface area contributed by atoms with Crippen molar-refractivity contribution in [3.63, 3.8) is 0 Å². The van der Waals surface area contributed by atoms with Crippen molar-refractivity contribution >= 4 is 23.2 Å². The lowest BCUT2D eigenvalue weighted by Crippen LogP contribution is -2.40. The third-order valence-corrected chi connectivity index (χ3v) is 3.66. The van der Waals surface area contributed by atoms with Crippen LogP contribution in [0.3, 0.4) is 0 Å². The number of benzene rings is 1. The molecule has 3 nitrogen and oxygen atoms in total. The summed E-state index contributed by atoms with van der Waals surface area (Å²) in [4.78, 5) is 12.2. The SMILES string of the molecule is C=C/C(F)=C(\C=C)CNC(=S)NC(=O)c1ccc(C(C)(C)C)cc1. The van der Waals surface area contributed by atoms with Gasteiger partial charge in [-0.2, -0.15) is 0 Å². The molecule has 1 aromatic rings. The van der Waals surface area contributed by atoms with Crippen LogP contribution in [0.5, 0.6) is 0 Å². The Morgan fingerprint density at radius 3 is 2.25 bits per heavy atom. The summed E-state index contributed by atoms with van der Waals surface area (Å²) in [7, 11) is 0. The second kappa shape index (κ2) is 8.55. The zero-order valence-electron chi connectivity index (χ0n) is 14.3. The van der Waals surface area contributed by atoms with Gasteiger partial charge in [-0.05, 0) is 41.4 Å². The van der Waals surface area contributed by atoms with Gasteiger partial charge in [0.05, 0.1) is 0 Å². The standard InChI is InChI=1S/C19H23FN2OS/c1-6-13(16(20)7-2)12-21-18(24)22-17(23)14-8-10-15(11-9-14)19(3,4)5/h6-11H,1-2,12H2,3-5H3,(H2,21,22,23,24)/b16-13-. The summed E-state index contributed by atoms with van der Waals surface area (Å²) in [6.07, 6.45) is 2.47. The van der Waals surface area contributed by atoms with Crippen LogP contribution < -0.4 is 10.6 Å². The molecule has 0 saturated carbocycles. The van der Waals surface area contributed by atoms with Gasteiger partial charge in [-0.1, -0.05) is 52.1 Å². The smallest absolute Gasteiger partial charge is 0.257 e. The third-order valence-electron chi connectivity index (χ3n) is 3.41. The fourth-order valence-corrected chi connectivity index (χ4v) is 2.07. The van der Waals surface area contributed by atoms with Crippen molar-refractivity contribution in [2.75, 3.05) is 6.54 Å². The van der Waals surface area contributed by atoms with Gasteiger partial charge >= 0.3 is 0 Å². The number of thiocarbonyl (C=S) groups is 1. The maximum atomic E-state index is 13.4. The Balaban J connectivity index is 2.66. The van der Waals surface area contributed by atoms with Crippen LogP contribution in [0, 0.1) is 0 Å². The molecule has 0 aromatic heterocycles. The lowest BCUT2D eigenvalue weighted by atomic mass is 9.87. The van der Waals surface area contributed by atoms with Crippen LogP contribution in [0.15, 0.2) is 61.0 Å². The van der Waals surface area contributed by atoms with Gasteiger partial charge in [-0.15, -0.1) is 0 Å². The average Bonchev–Trinajstić information content (AvgIpc) is 2.54. The van der Waals surface area contributed by atoms with Crippen LogP contribution in [0.25, 0.3) is 0 Å². The highest BCUT2D eigenvalue weighted by molar-refractivity contribution is 7.80. The molecule has 5 heteroatoms. The molecule has 1 amide bonds. The summed E-state index contributed by atoms with van der Waals surface area (Å²) in [5.74, 6) is -0.800. The van der Waals surface area contributed by atoms with Crippen molar-refractivity contribution in [1.29, 1.82) is 0 Å². The van der Waals surface area contributed by atoms with E-state index in [1.54, 1.807) is 12.1 Å². The Bertz CT molecular complexity index is 670. The minimum Gasteiger partial charge on any atom is -0.358 e. The van der Waals surface area contributed by atoms with E-state index in [4.69, 9.17) is 12.2 Å². The summed E-state index contributed by atoms with van der Waals surface area (Å²) in [6.45, 7) is 13.3. The summed E-state index contributed by atoms with van der Waals surface area (Å²) in [5, 5.41) is 5.46. The molecule has 24 heavy (non-hydrogen) atoms. The van der Waals surface area contributed by atoms with Crippen molar-refractivity contribution in [2.24, 2.45) is 0 Å². The second-order valence-corrected chi connectivity index (χ2v) is 6.65. The van der Waals surface area contributed by atoms with Crippen LogP contribution in [0.1, 0.15) is 36.7 Å². The van der Waals surface area contributed by atoms with Crippen molar-refractivity contribution < 1.29 is 9.18 Å². The molecule has 0 unspecified atom stereocenters. The Hall–Kier alpha value is -2.27. The van der Waals surface area contributed by atoms with Gasteiger partial charge in [0.2, 0.25) is 0 Å². The molecular weight excluding hydrogens is 323 g/mol. The monoisotopic (exact) mass is 346 g/mol. The first-order valence-corrected chi connectivity index (χ1v) is 7.93. The van der Waals surface area contributed by atoms with Crippen LogP contribution in [-0.2, 0) is 5.41 Å². The number of nitrogens with one attached hydrogen (secondary N) is 2. The fraction of sp³-hybridized carbons (Fsp3) is 0.263. The van der Waals surface area contributed by atoms with E-state index >= 15 is 0 Å². The van der Waals surface area contributed by atoms with Crippen LogP contribution in [0.4, 0.5) is 4.39 Å². The third kappa shape index (κ3) is 5.74. The quantitative estimate of drug-likeness (QED) is 0.621. The van der Waals surface area contributed by atoms with Gasteiger partial charge in [0, 0.05) is 17.7 Å². The van der Waals surface area contributed by atoms with Crippen LogP contribution >= 0.6 is 12.2 Å². The van der Waals surface area contributed by atoms with E-state index in [0.29, 0.717) is 11.1 Å². The number of hydrogen-bond donors (Lipinski definition) is 2. The highest BCUT2D eigenvalue weighted by atomic mass is 32.1. The Kier molecular flexibility index (Phi) is 7.04. The number of halogens is 1. The molecule has 2 N–H and O–H groups in total. The van der Waals surface area contributed by atoms with Crippen molar-refractivity contribution in [3.8, 4) is 0 Å². The van der Waals surface area contributed by atoms with Crippen molar-refractivity contribution in [2.45, 2.75) is 26.2 Å². The first kappa shape index (κ1) is 19.8. The van der Waals surface area contributed by atoms with E-state index in [9.17, 15) is 9.18 Å². The van der Waals surface area contributed by atoms with Crippen molar-refractivity contribution in [3.05, 3.63) is 72.1 Å². The number of carbonyl (C=O) groups excluding carboxylic acids is 1. The molecule has 1 rings (SSSR count). The predicted molar refractivity (Wildman–Crippen MR) is 102 cm³/mol.